The van der Waals surface area contributed by atoms with E-state index in [1.807, 2.05) is 0 Å². The first kappa shape index (κ1) is 14.1. The van der Waals surface area contributed by atoms with Crippen molar-refractivity contribution in [2.75, 3.05) is 20.0 Å². The lowest BCUT2D eigenvalue weighted by atomic mass is 10.1. The fourth-order valence-corrected chi connectivity index (χ4v) is 2.28. The lowest BCUT2D eigenvalue weighted by molar-refractivity contribution is 0.325. The van der Waals surface area contributed by atoms with E-state index >= 15 is 0 Å². The van der Waals surface area contributed by atoms with Crippen molar-refractivity contribution in [1.29, 1.82) is 0 Å². The summed E-state index contributed by atoms with van der Waals surface area (Å²) in [5, 5.41) is 0. The SMILES string of the molecule is COc1cccc(C(F)CS(=O)(=O)Cl)c1OC. The molecule has 0 bridgehead atoms. The summed E-state index contributed by atoms with van der Waals surface area (Å²) in [6.45, 7) is 0. The van der Waals surface area contributed by atoms with Crippen molar-refractivity contribution >= 4 is 19.7 Å². The number of alkyl halides is 1. The molecule has 1 atom stereocenters. The fraction of sp³-hybridized carbons (Fsp3) is 0.400. The predicted molar refractivity (Wildman–Crippen MR) is 63.0 cm³/mol. The summed E-state index contributed by atoms with van der Waals surface area (Å²) in [5.41, 5.74) is 0.0936. The second-order valence-corrected chi connectivity index (χ2v) is 6.08. The second kappa shape index (κ2) is 5.55. The minimum absolute atomic E-state index is 0.0936. The van der Waals surface area contributed by atoms with E-state index in [2.05, 4.69) is 0 Å². The van der Waals surface area contributed by atoms with E-state index in [0.29, 0.717) is 5.75 Å². The maximum absolute atomic E-state index is 13.8. The third-order valence-electron chi connectivity index (χ3n) is 2.12. The summed E-state index contributed by atoms with van der Waals surface area (Å²) in [5.74, 6) is -0.305. The van der Waals surface area contributed by atoms with Gasteiger partial charge in [0.2, 0.25) is 9.05 Å². The summed E-state index contributed by atoms with van der Waals surface area (Å²) in [6.07, 6.45) is -1.76. The zero-order valence-electron chi connectivity index (χ0n) is 9.31. The molecule has 17 heavy (non-hydrogen) atoms. The Morgan fingerprint density at radius 2 is 2.00 bits per heavy atom. The Bertz CT molecular complexity index is 489. The maximum atomic E-state index is 13.8. The topological polar surface area (TPSA) is 52.6 Å². The van der Waals surface area contributed by atoms with Gasteiger partial charge in [-0.05, 0) is 6.07 Å². The van der Waals surface area contributed by atoms with Crippen molar-refractivity contribution in [2.24, 2.45) is 0 Å². The zero-order chi connectivity index (χ0) is 13.1. The molecule has 0 amide bonds. The number of methoxy groups -OCH3 is 2. The average Bonchev–Trinajstić information content (AvgIpc) is 2.25. The summed E-state index contributed by atoms with van der Waals surface area (Å²) in [7, 11) is 3.85. The summed E-state index contributed by atoms with van der Waals surface area (Å²) < 4.78 is 45.4. The van der Waals surface area contributed by atoms with Crippen LogP contribution in [0.3, 0.4) is 0 Å². The van der Waals surface area contributed by atoms with Crippen molar-refractivity contribution in [3.63, 3.8) is 0 Å². The van der Waals surface area contributed by atoms with Crippen molar-refractivity contribution in [3.8, 4) is 11.5 Å². The van der Waals surface area contributed by atoms with Crippen LogP contribution < -0.4 is 9.47 Å². The van der Waals surface area contributed by atoms with Crippen molar-refractivity contribution in [3.05, 3.63) is 23.8 Å². The van der Waals surface area contributed by atoms with Gasteiger partial charge in [0.1, 0.15) is 11.9 Å². The Morgan fingerprint density at radius 1 is 1.35 bits per heavy atom. The first-order valence-electron chi connectivity index (χ1n) is 4.66. The Labute approximate surface area is 104 Å². The van der Waals surface area contributed by atoms with Crippen LogP contribution in [0.2, 0.25) is 0 Å². The standard InChI is InChI=1S/C10H12ClFO4S/c1-15-9-5-3-4-7(10(9)16-2)8(12)6-17(11,13)14/h3-5,8H,6H2,1-2H3. The highest BCUT2D eigenvalue weighted by molar-refractivity contribution is 8.13. The molecule has 96 valence electrons. The van der Waals surface area contributed by atoms with Crippen LogP contribution in [0.5, 0.6) is 11.5 Å². The number of para-hydroxylation sites is 1. The van der Waals surface area contributed by atoms with Crippen LogP contribution in [0.4, 0.5) is 4.39 Å². The van der Waals surface area contributed by atoms with Gasteiger partial charge in [-0.25, -0.2) is 12.8 Å². The molecule has 0 aliphatic carbocycles. The molecule has 0 aliphatic rings. The van der Waals surface area contributed by atoms with Crippen LogP contribution in [-0.4, -0.2) is 28.4 Å². The molecule has 0 aliphatic heterocycles. The lowest BCUT2D eigenvalue weighted by Gasteiger charge is -2.14. The van der Waals surface area contributed by atoms with Crippen LogP contribution in [0.15, 0.2) is 18.2 Å². The molecule has 0 saturated carbocycles. The molecule has 1 aromatic rings. The lowest BCUT2D eigenvalue weighted by Crippen LogP contribution is -2.07. The van der Waals surface area contributed by atoms with Crippen LogP contribution in [0.25, 0.3) is 0 Å². The molecule has 1 aromatic carbocycles. The van der Waals surface area contributed by atoms with Crippen molar-refractivity contribution in [1.82, 2.24) is 0 Å². The molecule has 7 heteroatoms. The van der Waals surface area contributed by atoms with Crippen LogP contribution in [0, 0.1) is 0 Å². The molecule has 0 heterocycles. The fourth-order valence-electron chi connectivity index (χ4n) is 1.42. The third-order valence-corrected chi connectivity index (χ3v) is 3.19. The molecule has 1 unspecified atom stereocenters. The first-order chi connectivity index (χ1) is 7.89. The highest BCUT2D eigenvalue weighted by Crippen LogP contribution is 2.36. The van der Waals surface area contributed by atoms with Gasteiger partial charge in [-0.1, -0.05) is 12.1 Å². The van der Waals surface area contributed by atoms with Gasteiger partial charge in [0, 0.05) is 16.2 Å². The van der Waals surface area contributed by atoms with Crippen LogP contribution in [-0.2, 0) is 9.05 Å². The van der Waals surface area contributed by atoms with Gasteiger partial charge in [0.05, 0.1) is 14.2 Å². The zero-order valence-corrected chi connectivity index (χ0v) is 10.9. The highest BCUT2D eigenvalue weighted by atomic mass is 35.7. The molecule has 0 radical (unpaired) electrons. The molecule has 4 nitrogen and oxygen atoms in total. The largest absolute Gasteiger partial charge is 0.493 e. The molecule has 1 rings (SSSR count). The molecular weight excluding hydrogens is 271 g/mol. The molecule has 0 spiro atoms. The van der Waals surface area contributed by atoms with Gasteiger partial charge in [0.15, 0.2) is 11.5 Å². The average molecular weight is 283 g/mol. The Kier molecular flexibility index (Phi) is 4.59. The minimum atomic E-state index is -3.92. The molecule has 0 saturated heterocycles. The Morgan fingerprint density at radius 3 is 2.47 bits per heavy atom. The summed E-state index contributed by atoms with van der Waals surface area (Å²) >= 11 is 0. The van der Waals surface area contributed by atoms with E-state index in [9.17, 15) is 12.8 Å². The second-order valence-electron chi connectivity index (χ2n) is 3.26. The number of benzene rings is 1. The summed E-state index contributed by atoms with van der Waals surface area (Å²) in [4.78, 5) is 0. The number of hydrogen-bond acceptors (Lipinski definition) is 4. The van der Waals surface area contributed by atoms with Gasteiger partial charge in [-0.2, -0.15) is 0 Å². The Balaban J connectivity index is 3.13. The number of hydrogen-bond donors (Lipinski definition) is 0. The predicted octanol–water partition coefficient (Wildman–Crippen LogP) is 2.28. The molecule has 0 N–H and O–H groups in total. The minimum Gasteiger partial charge on any atom is -0.493 e. The van der Waals surface area contributed by atoms with Gasteiger partial charge in [0.25, 0.3) is 0 Å². The number of halogens is 2. The monoisotopic (exact) mass is 282 g/mol. The van der Waals surface area contributed by atoms with Gasteiger partial charge >= 0.3 is 0 Å². The van der Waals surface area contributed by atoms with Crippen molar-refractivity contribution in [2.45, 2.75) is 6.17 Å². The van der Waals surface area contributed by atoms with E-state index in [1.54, 1.807) is 12.1 Å². The van der Waals surface area contributed by atoms with E-state index in [0.717, 1.165) is 0 Å². The number of ether oxygens (including phenoxy) is 2. The van der Waals surface area contributed by atoms with E-state index in [1.165, 1.54) is 20.3 Å². The quantitative estimate of drug-likeness (QED) is 0.778. The third kappa shape index (κ3) is 3.74. The molecular formula is C10H12ClFO4S. The summed E-state index contributed by atoms with van der Waals surface area (Å²) in [6, 6.07) is 4.56. The molecule has 0 aromatic heterocycles. The van der Waals surface area contributed by atoms with Crippen molar-refractivity contribution < 1.29 is 22.3 Å². The van der Waals surface area contributed by atoms with Gasteiger partial charge in [-0.15, -0.1) is 0 Å². The van der Waals surface area contributed by atoms with Gasteiger partial charge in [-0.3, -0.25) is 0 Å². The van der Waals surface area contributed by atoms with Crippen LogP contribution >= 0.6 is 10.7 Å². The van der Waals surface area contributed by atoms with E-state index < -0.39 is 21.0 Å². The maximum Gasteiger partial charge on any atom is 0.235 e. The first-order valence-corrected chi connectivity index (χ1v) is 7.14. The number of rotatable bonds is 5. The van der Waals surface area contributed by atoms with Gasteiger partial charge < -0.3 is 9.47 Å². The van der Waals surface area contributed by atoms with E-state index in [4.69, 9.17) is 20.2 Å². The molecule has 0 fully saturated rings. The Hall–Kier alpha value is -1.01. The van der Waals surface area contributed by atoms with E-state index in [-0.39, 0.29) is 11.3 Å². The smallest absolute Gasteiger partial charge is 0.235 e. The normalized spacial score (nSPS) is 13.2. The highest BCUT2D eigenvalue weighted by Gasteiger charge is 2.23. The van der Waals surface area contributed by atoms with Crippen LogP contribution in [0.1, 0.15) is 11.7 Å².